The number of para-hydroxylation sites is 1. The average molecular weight is 374 g/mol. The van der Waals surface area contributed by atoms with Crippen LogP contribution in [0.2, 0.25) is 0 Å². The summed E-state index contributed by atoms with van der Waals surface area (Å²) in [6, 6.07) is 11.6. The van der Waals surface area contributed by atoms with E-state index < -0.39 is 16.1 Å². The van der Waals surface area contributed by atoms with Gasteiger partial charge in [0.1, 0.15) is 0 Å². The smallest absolute Gasteiger partial charge is 0.258 e. The molecule has 0 spiro atoms. The van der Waals surface area contributed by atoms with Crippen molar-refractivity contribution in [3.8, 4) is 0 Å². The Hall–Kier alpha value is -2.22. The number of sulfonamides is 1. The molecule has 6 nitrogen and oxygen atoms in total. The molecule has 0 bridgehead atoms. The molecule has 3 rings (SSSR count). The molecule has 1 aliphatic heterocycles. The van der Waals surface area contributed by atoms with E-state index in [1.807, 2.05) is 25.1 Å². The van der Waals surface area contributed by atoms with Gasteiger partial charge in [-0.05, 0) is 43.2 Å². The van der Waals surface area contributed by atoms with Crippen LogP contribution in [0.1, 0.15) is 34.0 Å². The summed E-state index contributed by atoms with van der Waals surface area (Å²) in [5.41, 5.74) is 2.81. The van der Waals surface area contributed by atoms with Crippen LogP contribution >= 0.6 is 0 Å². The topological polar surface area (TPSA) is 77.9 Å². The minimum absolute atomic E-state index is 0.143. The van der Waals surface area contributed by atoms with Crippen molar-refractivity contribution >= 4 is 21.6 Å². The fourth-order valence-electron chi connectivity index (χ4n) is 3.18. The number of anilines is 1. The van der Waals surface area contributed by atoms with Crippen LogP contribution in [0.25, 0.3) is 0 Å². The molecule has 0 radical (unpaired) electrons. The predicted molar refractivity (Wildman–Crippen MR) is 99.7 cm³/mol. The van der Waals surface area contributed by atoms with Crippen molar-refractivity contribution < 1.29 is 18.3 Å². The number of aliphatic hydroxyl groups excluding tert-OH is 1. The maximum atomic E-state index is 13.0. The van der Waals surface area contributed by atoms with Crippen LogP contribution in [0.5, 0.6) is 0 Å². The van der Waals surface area contributed by atoms with Gasteiger partial charge in [0, 0.05) is 31.8 Å². The van der Waals surface area contributed by atoms with Gasteiger partial charge < -0.3 is 10.0 Å². The van der Waals surface area contributed by atoms with E-state index in [1.54, 1.807) is 4.90 Å². The Morgan fingerprint density at radius 3 is 2.42 bits per heavy atom. The van der Waals surface area contributed by atoms with E-state index >= 15 is 0 Å². The van der Waals surface area contributed by atoms with E-state index in [4.69, 9.17) is 0 Å². The second-order valence-corrected chi connectivity index (χ2v) is 8.74. The molecule has 1 heterocycles. The van der Waals surface area contributed by atoms with Crippen molar-refractivity contribution in [1.82, 2.24) is 4.31 Å². The molecular weight excluding hydrogens is 352 g/mol. The first-order chi connectivity index (χ1) is 12.2. The fraction of sp³-hybridized carbons (Fsp3) is 0.316. The van der Waals surface area contributed by atoms with Gasteiger partial charge in [-0.1, -0.05) is 18.2 Å². The second kappa shape index (κ2) is 6.83. The Kier molecular flexibility index (Phi) is 4.88. The van der Waals surface area contributed by atoms with Crippen LogP contribution in [0.3, 0.4) is 0 Å². The summed E-state index contributed by atoms with van der Waals surface area (Å²) in [5.74, 6) is -0.207. The SMILES string of the molecule is Cc1cccc2c1N(C(=O)c1ccc(S(=O)(=O)N(C)C)cc1)CCC2O. The molecule has 2 aromatic rings. The molecule has 0 saturated heterocycles. The molecule has 7 heteroatoms. The summed E-state index contributed by atoms with van der Waals surface area (Å²) >= 11 is 0. The lowest BCUT2D eigenvalue weighted by molar-refractivity contribution is 0.0970. The molecule has 2 aromatic carbocycles. The first-order valence-corrected chi connectivity index (χ1v) is 9.79. The number of nitrogens with zero attached hydrogens (tertiary/aromatic N) is 2. The van der Waals surface area contributed by atoms with Crippen molar-refractivity contribution in [2.45, 2.75) is 24.3 Å². The molecule has 0 aliphatic carbocycles. The van der Waals surface area contributed by atoms with Crippen LogP contribution in [0.4, 0.5) is 5.69 Å². The highest BCUT2D eigenvalue weighted by Gasteiger charge is 2.29. The number of carbonyl (C=O) groups excluding carboxylic acids is 1. The van der Waals surface area contributed by atoms with Crippen LogP contribution in [-0.4, -0.2) is 44.4 Å². The standard InChI is InChI=1S/C19H22N2O4S/c1-13-5-4-6-16-17(22)11-12-21(18(13)16)19(23)14-7-9-15(10-8-14)26(24,25)20(2)3/h4-10,17,22H,11-12H2,1-3H3. The fourth-order valence-corrected chi connectivity index (χ4v) is 4.08. The number of hydrogen-bond donors (Lipinski definition) is 1. The molecule has 0 fully saturated rings. The second-order valence-electron chi connectivity index (χ2n) is 6.59. The van der Waals surface area contributed by atoms with E-state index in [0.29, 0.717) is 18.5 Å². The summed E-state index contributed by atoms with van der Waals surface area (Å²) in [4.78, 5) is 14.8. The number of hydrogen-bond acceptors (Lipinski definition) is 4. The first kappa shape index (κ1) is 18.6. The van der Waals surface area contributed by atoms with E-state index in [9.17, 15) is 18.3 Å². The summed E-state index contributed by atoms with van der Waals surface area (Å²) in [7, 11) is -0.601. The van der Waals surface area contributed by atoms with Crippen LogP contribution in [0.15, 0.2) is 47.4 Å². The van der Waals surface area contributed by atoms with Gasteiger partial charge in [0.25, 0.3) is 5.91 Å². The summed E-state index contributed by atoms with van der Waals surface area (Å²) in [6.45, 7) is 2.32. The largest absolute Gasteiger partial charge is 0.388 e. The van der Waals surface area contributed by atoms with Gasteiger partial charge in [-0.2, -0.15) is 0 Å². The van der Waals surface area contributed by atoms with Crippen molar-refractivity contribution in [3.63, 3.8) is 0 Å². The molecule has 0 aromatic heterocycles. The molecular formula is C19H22N2O4S. The van der Waals surface area contributed by atoms with Gasteiger partial charge in [0.2, 0.25) is 10.0 Å². The normalized spacial score (nSPS) is 17.3. The lowest BCUT2D eigenvalue weighted by Crippen LogP contribution is -2.37. The number of aryl methyl sites for hydroxylation is 1. The third kappa shape index (κ3) is 3.13. The molecule has 1 N–H and O–H groups in total. The molecule has 1 atom stereocenters. The maximum Gasteiger partial charge on any atom is 0.258 e. The van der Waals surface area contributed by atoms with Crippen LogP contribution in [0, 0.1) is 6.92 Å². The zero-order chi connectivity index (χ0) is 19.1. The summed E-state index contributed by atoms with van der Waals surface area (Å²) in [6.07, 6.45) is -0.114. The average Bonchev–Trinajstić information content (AvgIpc) is 2.62. The van der Waals surface area contributed by atoms with E-state index in [0.717, 1.165) is 21.1 Å². The highest BCUT2D eigenvalue weighted by atomic mass is 32.2. The molecule has 1 unspecified atom stereocenters. The number of amides is 1. The third-order valence-electron chi connectivity index (χ3n) is 4.65. The molecule has 1 aliphatic rings. The Balaban J connectivity index is 1.95. The third-order valence-corrected chi connectivity index (χ3v) is 6.48. The van der Waals surface area contributed by atoms with Gasteiger partial charge in [0.15, 0.2) is 0 Å². The lowest BCUT2D eigenvalue weighted by atomic mass is 9.95. The molecule has 0 saturated carbocycles. The Bertz CT molecular complexity index is 937. The monoisotopic (exact) mass is 374 g/mol. The van der Waals surface area contributed by atoms with Crippen LogP contribution < -0.4 is 4.90 Å². The number of rotatable bonds is 3. The van der Waals surface area contributed by atoms with E-state index in [2.05, 4.69) is 0 Å². The van der Waals surface area contributed by atoms with E-state index in [-0.39, 0.29) is 10.8 Å². The Morgan fingerprint density at radius 1 is 1.15 bits per heavy atom. The zero-order valence-electron chi connectivity index (χ0n) is 15.0. The van der Waals surface area contributed by atoms with Crippen LogP contribution in [-0.2, 0) is 10.0 Å². The zero-order valence-corrected chi connectivity index (χ0v) is 15.8. The highest BCUT2D eigenvalue weighted by molar-refractivity contribution is 7.89. The van der Waals surface area contributed by atoms with Crippen molar-refractivity contribution in [3.05, 3.63) is 59.2 Å². The number of benzene rings is 2. The maximum absolute atomic E-state index is 13.0. The Labute approximate surface area is 153 Å². The predicted octanol–water partition coefficient (Wildman–Crippen LogP) is 2.33. The van der Waals surface area contributed by atoms with Crippen molar-refractivity contribution in [1.29, 1.82) is 0 Å². The molecule has 1 amide bonds. The highest BCUT2D eigenvalue weighted by Crippen LogP contribution is 2.37. The lowest BCUT2D eigenvalue weighted by Gasteiger charge is -2.33. The number of aliphatic hydroxyl groups is 1. The van der Waals surface area contributed by atoms with Gasteiger partial charge in [-0.3, -0.25) is 4.79 Å². The van der Waals surface area contributed by atoms with Gasteiger partial charge in [-0.25, -0.2) is 12.7 Å². The minimum Gasteiger partial charge on any atom is -0.388 e. The van der Waals surface area contributed by atoms with Gasteiger partial charge in [0.05, 0.1) is 16.7 Å². The Morgan fingerprint density at radius 2 is 1.81 bits per heavy atom. The van der Waals surface area contributed by atoms with Gasteiger partial charge in [-0.15, -0.1) is 0 Å². The first-order valence-electron chi connectivity index (χ1n) is 8.35. The number of fused-ring (bicyclic) bond motifs is 1. The summed E-state index contributed by atoms with van der Waals surface area (Å²) in [5, 5.41) is 10.2. The quantitative estimate of drug-likeness (QED) is 0.894. The van der Waals surface area contributed by atoms with Crippen molar-refractivity contribution in [2.75, 3.05) is 25.5 Å². The van der Waals surface area contributed by atoms with Gasteiger partial charge >= 0.3 is 0 Å². The minimum atomic E-state index is -3.53. The van der Waals surface area contributed by atoms with Crippen molar-refractivity contribution in [2.24, 2.45) is 0 Å². The molecule has 138 valence electrons. The van der Waals surface area contributed by atoms with E-state index in [1.165, 1.54) is 38.4 Å². The number of carbonyl (C=O) groups is 1. The molecule has 26 heavy (non-hydrogen) atoms. The summed E-state index contributed by atoms with van der Waals surface area (Å²) < 4.78 is 25.5.